The standard InChI is InChI=1S/C19H19N3OS/c1-14-7-9-16(10-8-14)12-23-18-6-4-3-5-17(18)11-20-22-19-21-15(2)13-24-19/h3-11,13H,12H2,1-2H3,(H,21,22). The van der Waals surface area contributed by atoms with Crippen molar-refractivity contribution in [1.29, 1.82) is 0 Å². The van der Waals surface area contributed by atoms with Crippen LogP contribution < -0.4 is 10.2 Å². The fourth-order valence-electron chi connectivity index (χ4n) is 2.13. The highest BCUT2D eigenvalue weighted by Crippen LogP contribution is 2.18. The summed E-state index contributed by atoms with van der Waals surface area (Å²) in [6, 6.07) is 16.2. The van der Waals surface area contributed by atoms with E-state index in [2.05, 4.69) is 46.7 Å². The molecule has 122 valence electrons. The van der Waals surface area contributed by atoms with Crippen LogP contribution in [0.25, 0.3) is 0 Å². The maximum absolute atomic E-state index is 5.94. The minimum absolute atomic E-state index is 0.532. The SMILES string of the molecule is Cc1ccc(COc2ccccc2C=NNc2nc(C)cs2)cc1. The Morgan fingerprint density at radius 2 is 1.92 bits per heavy atom. The number of nitrogens with one attached hydrogen (secondary N) is 1. The number of thiazole rings is 1. The van der Waals surface area contributed by atoms with Crippen LogP contribution in [0.1, 0.15) is 22.4 Å². The molecule has 0 unspecified atom stereocenters. The first-order chi connectivity index (χ1) is 11.7. The summed E-state index contributed by atoms with van der Waals surface area (Å²) < 4.78 is 5.94. The molecule has 0 spiro atoms. The summed E-state index contributed by atoms with van der Waals surface area (Å²) in [7, 11) is 0. The second-order valence-corrected chi connectivity index (χ2v) is 6.33. The summed E-state index contributed by atoms with van der Waals surface area (Å²) in [6.45, 7) is 4.57. The predicted octanol–water partition coefficient (Wildman–Crippen LogP) is 4.78. The molecule has 0 aliphatic heterocycles. The molecule has 0 amide bonds. The van der Waals surface area contributed by atoms with Crippen molar-refractivity contribution < 1.29 is 4.74 Å². The minimum atomic E-state index is 0.532. The molecule has 0 aliphatic carbocycles. The highest BCUT2D eigenvalue weighted by molar-refractivity contribution is 7.13. The number of anilines is 1. The van der Waals surface area contributed by atoms with E-state index >= 15 is 0 Å². The number of aromatic nitrogens is 1. The lowest BCUT2D eigenvalue weighted by molar-refractivity contribution is 0.306. The van der Waals surface area contributed by atoms with E-state index in [1.807, 2.05) is 36.6 Å². The molecule has 0 aliphatic rings. The molecule has 0 bridgehead atoms. The molecule has 0 radical (unpaired) electrons. The zero-order chi connectivity index (χ0) is 16.8. The molecule has 4 nitrogen and oxygen atoms in total. The van der Waals surface area contributed by atoms with E-state index in [-0.39, 0.29) is 0 Å². The third-order valence-electron chi connectivity index (χ3n) is 3.42. The van der Waals surface area contributed by atoms with E-state index in [1.54, 1.807) is 6.21 Å². The van der Waals surface area contributed by atoms with Crippen LogP contribution in [0.2, 0.25) is 0 Å². The quantitative estimate of drug-likeness (QED) is 0.520. The molecule has 0 fully saturated rings. The lowest BCUT2D eigenvalue weighted by atomic mass is 10.1. The summed E-state index contributed by atoms with van der Waals surface area (Å²) in [5.74, 6) is 0.805. The maximum atomic E-state index is 5.94. The van der Waals surface area contributed by atoms with E-state index in [1.165, 1.54) is 16.9 Å². The Morgan fingerprint density at radius 1 is 1.12 bits per heavy atom. The van der Waals surface area contributed by atoms with E-state index in [0.29, 0.717) is 6.61 Å². The molecule has 0 saturated carbocycles. The van der Waals surface area contributed by atoms with Crippen molar-refractivity contribution in [2.24, 2.45) is 5.10 Å². The van der Waals surface area contributed by atoms with Crippen molar-refractivity contribution in [2.75, 3.05) is 5.43 Å². The average Bonchev–Trinajstić information content (AvgIpc) is 3.01. The number of benzene rings is 2. The van der Waals surface area contributed by atoms with Crippen molar-refractivity contribution in [1.82, 2.24) is 4.98 Å². The zero-order valence-electron chi connectivity index (χ0n) is 13.7. The van der Waals surface area contributed by atoms with E-state index < -0.39 is 0 Å². The lowest BCUT2D eigenvalue weighted by Crippen LogP contribution is -1.99. The van der Waals surface area contributed by atoms with Gasteiger partial charge in [0, 0.05) is 10.9 Å². The topological polar surface area (TPSA) is 46.5 Å². The maximum Gasteiger partial charge on any atom is 0.203 e. The second kappa shape index (κ2) is 7.75. The van der Waals surface area contributed by atoms with Gasteiger partial charge in [-0.25, -0.2) is 4.98 Å². The Morgan fingerprint density at radius 3 is 2.67 bits per heavy atom. The van der Waals surface area contributed by atoms with E-state index in [0.717, 1.165) is 27.7 Å². The Balaban J connectivity index is 1.65. The summed E-state index contributed by atoms with van der Waals surface area (Å²) in [6.07, 6.45) is 1.75. The highest BCUT2D eigenvalue weighted by atomic mass is 32.1. The Labute approximate surface area is 145 Å². The fourth-order valence-corrected chi connectivity index (χ4v) is 2.76. The van der Waals surface area contributed by atoms with Gasteiger partial charge >= 0.3 is 0 Å². The molecule has 2 aromatic carbocycles. The van der Waals surface area contributed by atoms with Crippen LogP contribution in [-0.4, -0.2) is 11.2 Å². The van der Waals surface area contributed by atoms with E-state index in [4.69, 9.17) is 4.74 Å². The lowest BCUT2D eigenvalue weighted by Gasteiger charge is -2.09. The number of para-hydroxylation sites is 1. The molecule has 0 saturated heterocycles. The highest BCUT2D eigenvalue weighted by Gasteiger charge is 2.02. The van der Waals surface area contributed by atoms with Crippen molar-refractivity contribution in [3.63, 3.8) is 0 Å². The molecular weight excluding hydrogens is 318 g/mol. The summed E-state index contributed by atoms with van der Waals surface area (Å²) in [5.41, 5.74) is 7.24. The van der Waals surface area contributed by atoms with Crippen LogP contribution in [0.5, 0.6) is 5.75 Å². The number of hydrazone groups is 1. The van der Waals surface area contributed by atoms with Gasteiger partial charge in [0.05, 0.1) is 11.9 Å². The van der Waals surface area contributed by atoms with Gasteiger partial charge in [-0.15, -0.1) is 11.3 Å². The van der Waals surface area contributed by atoms with Crippen LogP contribution >= 0.6 is 11.3 Å². The molecule has 1 heterocycles. The summed E-state index contributed by atoms with van der Waals surface area (Å²) in [4.78, 5) is 4.31. The van der Waals surface area contributed by atoms with Crippen molar-refractivity contribution in [3.8, 4) is 5.75 Å². The third-order valence-corrected chi connectivity index (χ3v) is 4.28. The van der Waals surface area contributed by atoms with Crippen LogP contribution in [0.4, 0.5) is 5.13 Å². The average molecular weight is 337 g/mol. The Hall–Kier alpha value is -2.66. The molecule has 3 aromatic rings. The van der Waals surface area contributed by atoms with Gasteiger partial charge in [-0.2, -0.15) is 5.10 Å². The Bertz CT molecular complexity index is 825. The van der Waals surface area contributed by atoms with E-state index in [9.17, 15) is 0 Å². The van der Waals surface area contributed by atoms with Crippen LogP contribution in [0, 0.1) is 13.8 Å². The first-order valence-electron chi connectivity index (χ1n) is 7.69. The molecule has 1 N–H and O–H groups in total. The fraction of sp³-hybridized carbons (Fsp3) is 0.158. The minimum Gasteiger partial charge on any atom is -0.488 e. The van der Waals surface area contributed by atoms with Crippen LogP contribution in [-0.2, 0) is 6.61 Å². The first kappa shape index (κ1) is 16.2. The van der Waals surface area contributed by atoms with Crippen LogP contribution in [0.3, 0.4) is 0 Å². The predicted molar refractivity (Wildman–Crippen MR) is 100 cm³/mol. The van der Waals surface area contributed by atoms with Gasteiger partial charge in [-0.1, -0.05) is 42.0 Å². The first-order valence-corrected chi connectivity index (χ1v) is 8.57. The van der Waals surface area contributed by atoms with Gasteiger partial charge in [0.15, 0.2) is 0 Å². The van der Waals surface area contributed by atoms with Gasteiger partial charge in [0.1, 0.15) is 12.4 Å². The summed E-state index contributed by atoms with van der Waals surface area (Å²) >= 11 is 1.53. The monoisotopic (exact) mass is 337 g/mol. The normalized spacial score (nSPS) is 10.9. The third kappa shape index (κ3) is 4.43. The number of hydrogen-bond acceptors (Lipinski definition) is 5. The number of rotatable bonds is 6. The number of aryl methyl sites for hydroxylation is 2. The van der Waals surface area contributed by atoms with Gasteiger partial charge in [0.2, 0.25) is 5.13 Å². The molecule has 0 atom stereocenters. The summed E-state index contributed by atoms with van der Waals surface area (Å²) in [5, 5.41) is 7.01. The van der Waals surface area contributed by atoms with Crippen molar-refractivity contribution in [2.45, 2.75) is 20.5 Å². The Kier molecular flexibility index (Phi) is 5.23. The number of hydrogen-bond donors (Lipinski definition) is 1. The smallest absolute Gasteiger partial charge is 0.203 e. The van der Waals surface area contributed by atoms with Crippen molar-refractivity contribution >= 4 is 22.7 Å². The molecule has 5 heteroatoms. The second-order valence-electron chi connectivity index (χ2n) is 5.48. The number of ether oxygens (including phenoxy) is 1. The zero-order valence-corrected chi connectivity index (χ0v) is 14.5. The van der Waals surface area contributed by atoms with Crippen molar-refractivity contribution in [3.05, 3.63) is 76.3 Å². The number of nitrogens with zero attached hydrogens (tertiary/aromatic N) is 2. The van der Waals surface area contributed by atoms with Gasteiger partial charge in [-0.3, -0.25) is 5.43 Å². The van der Waals surface area contributed by atoms with Gasteiger partial charge in [-0.05, 0) is 31.5 Å². The van der Waals surface area contributed by atoms with Gasteiger partial charge < -0.3 is 4.74 Å². The molecule has 24 heavy (non-hydrogen) atoms. The largest absolute Gasteiger partial charge is 0.488 e. The molecule has 3 rings (SSSR count). The van der Waals surface area contributed by atoms with Crippen LogP contribution in [0.15, 0.2) is 59.0 Å². The van der Waals surface area contributed by atoms with Gasteiger partial charge in [0.25, 0.3) is 0 Å². The molecule has 1 aromatic heterocycles. The molecular formula is C19H19N3OS.